The first-order valence-corrected chi connectivity index (χ1v) is 8.69. The largest absolute Gasteiger partial charge is 0.369 e. The van der Waals surface area contributed by atoms with Crippen molar-refractivity contribution in [3.8, 4) is 0 Å². The molecule has 0 saturated heterocycles. The van der Waals surface area contributed by atoms with Gasteiger partial charge in [0.1, 0.15) is 0 Å². The highest BCUT2D eigenvalue weighted by Crippen LogP contribution is 2.62. The molecule has 2 nitrogen and oxygen atoms in total. The van der Waals surface area contributed by atoms with Gasteiger partial charge in [-0.2, -0.15) is 0 Å². The number of nitrogens with two attached hydrogens (primary N) is 1. The Hall–Kier alpha value is -1.31. The summed E-state index contributed by atoms with van der Waals surface area (Å²) in [6.45, 7) is 6.81. The Balaban J connectivity index is 2.05. The van der Waals surface area contributed by atoms with E-state index < -0.39 is 0 Å². The van der Waals surface area contributed by atoms with E-state index in [1.165, 1.54) is 31.2 Å². The van der Waals surface area contributed by atoms with Gasteiger partial charge in [-0.3, -0.25) is 4.79 Å². The topological polar surface area (TPSA) is 43.1 Å². The van der Waals surface area contributed by atoms with Crippen molar-refractivity contribution >= 4 is 5.91 Å². The highest BCUT2D eigenvalue weighted by Gasteiger charge is 2.56. The summed E-state index contributed by atoms with van der Waals surface area (Å²) < 4.78 is 0. The molecule has 2 aliphatic carbocycles. The summed E-state index contributed by atoms with van der Waals surface area (Å²) in [6, 6.07) is 10.8. The molecular formula is C20H29NO. The van der Waals surface area contributed by atoms with E-state index in [0.717, 1.165) is 12.8 Å². The molecule has 0 heterocycles. The highest BCUT2D eigenvalue weighted by molar-refractivity contribution is 5.80. The zero-order valence-corrected chi connectivity index (χ0v) is 14.2. The minimum absolute atomic E-state index is 0.113. The molecule has 1 aromatic rings. The van der Waals surface area contributed by atoms with Crippen LogP contribution in [0.2, 0.25) is 0 Å². The Labute approximate surface area is 134 Å². The summed E-state index contributed by atoms with van der Waals surface area (Å²) in [5, 5.41) is 0. The number of hydrogen-bond donors (Lipinski definition) is 1. The van der Waals surface area contributed by atoms with Crippen LogP contribution in [0.5, 0.6) is 0 Å². The van der Waals surface area contributed by atoms with Crippen molar-refractivity contribution < 1.29 is 4.79 Å². The molecule has 0 aromatic heterocycles. The molecule has 2 aliphatic rings. The number of primary amides is 1. The summed E-state index contributed by atoms with van der Waals surface area (Å²) in [6.07, 6.45) is 6.72. The Bertz CT molecular complexity index is 568. The minimum atomic E-state index is -0.365. The highest BCUT2D eigenvalue weighted by atomic mass is 16.1. The third-order valence-corrected chi connectivity index (χ3v) is 7.01. The Morgan fingerprint density at radius 2 is 1.86 bits per heavy atom. The first-order valence-electron chi connectivity index (χ1n) is 8.69. The van der Waals surface area contributed by atoms with Crippen LogP contribution in [0.4, 0.5) is 0 Å². The van der Waals surface area contributed by atoms with E-state index in [1.54, 1.807) is 0 Å². The van der Waals surface area contributed by atoms with Crippen molar-refractivity contribution in [2.45, 2.75) is 64.7 Å². The van der Waals surface area contributed by atoms with Crippen LogP contribution < -0.4 is 5.73 Å². The Morgan fingerprint density at radius 3 is 2.45 bits per heavy atom. The second kappa shape index (κ2) is 5.11. The quantitative estimate of drug-likeness (QED) is 0.881. The number of fused-ring (bicyclic) bond motifs is 2. The van der Waals surface area contributed by atoms with Crippen molar-refractivity contribution in [1.29, 1.82) is 0 Å². The van der Waals surface area contributed by atoms with E-state index >= 15 is 0 Å². The van der Waals surface area contributed by atoms with Crippen LogP contribution in [-0.2, 0) is 10.2 Å². The first kappa shape index (κ1) is 15.6. The van der Waals surface area contributed by atoms with Gasteiger partial charge in [0.15, 0.2) is 0 Å². The van der Waals surface area contributed by atoms with Gasteiger partial charge in [0, 0.05) is 5.41 Å². The molecule has 120 valence electrons. The van der Waals surface area contributed by atoms with Crippen molar-refractivity contribution in [1.82, 2.24) is 0 Å². The molecule has 0 aliphatic heterocycles. The van der Waals surface area contributed by atoms with Crippen LogP contribution in [0.25, 0.3) is 0 Å². The van der Waals surface area contributed by atoms with Crippen molar-refractivity contribution in [2.75, 3.05) is 0 Å². The molecule has 2 saturated carbocycles. The average Bonchev–Trinajstić information content (AvgIpc) is 2.52. The van der Waals surface area contributed by atoms with Crippen LogP contribution >= 0.6 is 0 Å². The Morgan fingerprint density at radius 1 is 1.18 bits per heavy atom. The zero-order chi connectivity index (χ0) is 16.0. The van der Waals surface area contributed by atoms with Crippen LogP contribution in [-0.4, -0.2) is 5.91 Å². The predicted molar refractivity (Wildman–Crippen MR) is 90.4 cm³/mol. The van der Waals surface area contributed by atoms with E-state index in [9.17, 15) is 4.79 Å². The lowest BCUT2D eigenvalue weighted by Crippen LogP contribution is -2.54. The lowest BCUT2D eigenvalue weighted by atomic mass is 9.46. The fourth-order valence-corrected chi connectivity index (χ4v) is 5.20. The molecule has 4 unspecified atom stereocenters. The van der Waals surface area contributed by atoms with Gasteiger partial charge >= 0.3 is 0 Å². The molecule has 2 heteroatoms. The predicted octanol–water partition coefficient (Wildman–Crippen LogP) is 4.43. The van der Waals surface area contributed by atoms with E-state index in [1.807, 2.05) is 0 Å². The van der Waals surface area contributed by atoms with E-state index in [0.29, 0.717) is 11.3 Å². The summed E-state index contributed by atoms with van der Waals surface area (Å²) in [5.41, 5.74) is 7.37. The van der Waals surface area contributed by atoms with Crippen LogP contribution in [0, 0.1) is 16.7 Å². The number of rotatable bonds is 3. The third-order valence-electron chi connectivity index (χ3n) is 7.01. The summed E-state index contributed by atoms with van der Waals surface area (Å²) in [4.78, 5) is 12.2. The molecule has 2 bridgehead atoms. The molecule has 4 atom stereocenters. The maximum Gasteiger partial charge on any atom is 0.223 e. The number of amides is 1. The van der Waals surface area contributed by atoms with Crippen molar-refractivity contribution in [2.24, 2.45) is 22.5 Å². The number of benzene rings is 1. The molecule has 0 spiro atoms. The fraction of sp³-hybridized carbons (Fsp3) is 0.650. The second-order valence-corrected chi connectivity index (χ2v) is 8.36. The van der Waals surface area contributed by atoms with Crippen LogP contribution in [0.3, 0.4) is 0 Å². The van der Waals surface area contributed by atoms with Crippen LogP contribution in [0.1, 0.15) is 64.9 Å². The lowest BCUT2D eigenvalue weighted by Gasteiger charge is -2.58. The first-order chi connectivity index (χ1) is 10.3. The summed E-state index contributed by atoms with van der Waals surface area (Å²) in [7, 11) is 0. The molecule has 1 amide bonds. The normalized spacial score (nSPS) is 41.1. The summed E-state index contributed by atoms with van der Waals surface area (Å²) in [5.74, 6) is 0.482. The minimum Gasteiger partial charge on any atom is -0.369 e. The molecule has 2 fully saturated rings. The fourth-order valence-electron chi connectivity index (χ4n) is 5.20. The third kappa shape index (κ3) is 2.28. The zero-order valence-electron chi connectivity index (χ0n) is 14.2. The van der Waals surface area contributed by atoms with E-state index in [2.05, 4.69) is 51.1 Å². The van der Waals surface area contributed by atoms with Gasteiger partial charge in [0.25, 0.3) is 0 Å². The maximum atomic E-state index is 12.2. The van der Waals surface area contributed by atoms with Gasteiger partial charge in [0.05, 0.1) is 0 Å². The van der Waals surface area contributed by atoms with Gasteiger partial charge < -0.3 is 5.73 Å². The molecule has 22 heavy (non-hydrogen) atoms. The van der Waals surface area contributed by atoms with Gasteiger partial charge in [-0.25, -0.2) is 0 Å². The molecule has 2 N–H and O–H groups in total. The average molecular weight is 299 g/mol. The van der Waals surface area contributed by atoms with Gasteiger partial charge in [-0.15, -0.1) is 0 Å². The maximum absolute atomic E-state index is 12.2. The molecular weight excluding hydrogens is 270 g/mol. The number of carbonyl (C=O) groups excluding carboxylic acids is 1. The Kier molecular flexibility index (Phi) is 3.62. The monoisotopic (exact) mass is 299 g/mol. The van der Waals surface area contributed by atoms with E-state index in [4.69, 9.17) is 5.73 Å². The van der Waals surface area contributed by atoms with Crippen molar-refractivity contribution in [3.05, 3.63) is 35.9 Å². The van der Waals surface area contributed by atoms with Gasteiger partial charge in [-0.05, 0) is 54.4 Å². The summed E-state index contributed by atoms with van der Waals surface area (Å²) >= 11 is 0. The smallest absolute Gasteiger partial charge is 0.223 e. The van der Waals surface area contributed by atoms with Crippen molar-refractivity contribution in [3.63, 3.8) is 0 Å². The molecule has 1 aromatic carbocycles. The molecule has 3 rings (SSSR count). The van der Waals surface area contributed by atoms with Gasteiger partial charge in [0.2, 0.25) is 5.91 Å². The SMILES string of the molecule is CCC1(C)CCC2(c3ccccc3)CC1CC(C)(C(N)=O)C2. The van der Waals surface area contributed by atoms with Crippen LogP contribution in [0.15, 0.2) is 30.3 Å². The van der Waals surface area contributed by atoms with E-state index in [-0.39, 0.29) is 16.7 Å². The number of hydrogen-bond acceptors (Lipinski definition) is 1. The standard InChI is InChI=1S/C20H29NO/c1-4-18(2)10-11-20(15-8-6-5-7-9-15)13-16(18)12-19(3,14-20)17(21)22/h5-9,16H,4,10-14H2,1-3H3,(H2,21,22). The van der Waals surface area contributed by atoms with Gasteiger partial charge in [-0.1, -0.05) is 57.5 Å². The molecule has 0 radical (unpaired) electrons. The number of carbonyl (C=O) groups is 1. The second-order valence-electron chi connectivity index (χ2n) is 8.36. The lowest BCUT2D eigenvalue weighted by molar-refractivity contribution is -0.136.